The van der Waals surface area contributed by atoms with E-state index in [-0.39, 0.29) is 18.2 Å². The van der Waals surface area contributed by atoms with Crippen molar-refractivity contribution in [3.8, 4) is 11.8 Å². The number of aromatic amines is 1. The minimum atomic E-state index is -0.869. The number of fused-ring (bicyclic) bond motifs is 2. The molecule has 4 aromatic rings. The molecule has 1 saturated carbocycles. The summed E-state index contributed by atoms with van der Waals surface area (Å²) in [4.78, 5) is 32.2. The van der Waals surface area contributed by atoms with Crippen LogP contribution in [-0.4, -0.2) is 37.1 Å². The number of H-pyrrole nitrogens is 1. The van der Waals surface area contributed by atoms with Crippen LogP contribution in [0.2, 0.25) is 5.02 Å². The number of halogens is 1. The molecule has 2 aromatic heterocycles. The minimum Gasteiger partial charge on any atom is -0.481 e. The molecule has 9 heteroatoms. The monoisotopic (exact) mass is 558 g/mol. The van der Waals surface area contributed by atoms with Crippen molar-refractivity contribution in [2.24, 2.45) is 12.5 Å². The summed E-state index contributed by atoms with van der Waals surface area (Å²) in [5, 5.41) is 15.3. The van der Waals surface area contributed by atoms with Crippen molar-refractivity contribution < 1.29 is 19.4 Å². The van der Waals surface area contributed by atoms with Crippen LogP contribution in [0.4, 0.5) is 0 Å². The third-order valence-corrected chi connectivity index (χ3v) is 8.95. The Morgan fingerprint density at radius 2 is 2.05 bits per heavy atom. The molecule has 3 N–H and O–H groups in total. The summed E-state index contributed by atoms with van der Waals surface area (Å²) in [6.07, 6.45) is 8.03. The molecule has 3 atom stereocenters. The maximum atomic E-state index is 13.2. The van der Waals surface area contributed by atoms with Crippen LogP contribution in [-0.2, 0) is 11.8 Å². The lowest BCUT2D eigenvalue weighted by Crippen LogP contribution is -2.39. The number of carbonyl (C=O) groups excluding carboxylic acids is 1. The van der Waals surface area contributed by atoms with Crippen LogP contribution in [0.1, 0.15) is 60.5 Å². The number of aromatic nitrogens is 3. The topological polar surface area (TPSA) is 109 Å². The first-order valence-corrected chi connectivity index (χ1v) is 13.7. The van der Waals surface area contributed by atoms with Gasteiger partial charge in [-0.25, -0.2) is 0 Å². The zero-order valence-corrected chi connectivity index (χ0v) is 23.6. The highest BCUT2D eigenvalue weighted by atomic mass is 35.5. The molecule has 0 aliphatic heterocycles. The fourth-order valence-corrected chi connectivity index (χ4v) is 6.22. The number of nitrogens with one attached hydrogen (secondary N) is 2. The minimum absolute atomic E-state index is 0.00796. The number of carbonyl (C=O) groups is 2. The van der Waals surface area contributed by atoms with E-state index < -0.39 is 16.9 Å². The Morgan fingerprint density at radius 3 is 2.83 bits per heavy atom. The maximum Gasteiger partial charge on any atom is 0.303 e. The van der Waals surface area contributed by atoms with E-state index in [9.17, 15) is 14.7 Å². The number of carboxylic acid groups (broad SMARTS) is 1. The largest absolute Gasteiger partial charge is 0.481 e. The van der Waals surface area contributed by atoms with Gasteiger partial charge in [-0.05, 0) is 73.4 Å². The fraction of sp³-hybridized carbons (Fsp3) is 0.323. The van der Waals surface area contributed by atoms with Gasteiger partial charge in [-0.1, -0.05) is 36.7 Å². The number of aliphatic carboxylic acids is 1. The molecule has 40 heavy (non-hydrogen) atoms. The Morgan fingerprint density at radius 1 is 1.25 bits per heavy atom. The lowest BCUT2D eigenvalue weighted by molar-refractivity contribution is -0.138. The van der Waals surface area contributed by atoms with Crippen molar-refractivity contribution in [1.29, 1.82) is 0 Å². The SMILES string of the molecule is Cc1ccc(Oc2nc3cc(Cl)c(C4C=c5ccn(C)c5=CC4)cc3[nH]2)cc1C(=O)NC1(C)CC1(C)CC(=O)O. The molecule has 0 bridgehead atoms. The van der Waals surface area contributed by atoms with Gasteiger partial charge in [0.2, 0.25) is 0 Å². The normalized spacial score (nSPS) is 23.2. The lowest BCUT2D eigenvalue weighted by atomic mass is 9.91. The van der Waals surface area contributed by atoms with E-state index in [1.54, 1.807) is 12.1 Å². The van der Waals surface area contributed by atoms with Crippen molar-refractivity contribution >= 4 is 46.7 Å². The summed E-state index contributed by atoms with van der Waals surface area (Å²) in [6, 6.07) is 11.6. The van der Waals surface area contributed by atoms with Crippen molar-refractivity contribution in [2.75, 3.05) is 0 Å². The molecule has 206 valence electrons. The molecule has 2 aromatic carbocycles. The van der Waals surface area contributed by atoms with Gasteiger partial charge in [-0.15, -0.1) is 0 Å². The molecule has 2 aliphatic rings. The molecule has 3 unspecified atom stereocenters. The average molecular weight is 559 g/mol. The molecule has 0 radical (unpaired) electrons. The molecule has 0 saturated heterocycles. The third-order valence-electron chi connectivity index (χ3n) is 8.63. The number of imidazole rings is 1. The number of ether oxygens (including phenoxy) is 1. The second-order valence-corrected chi connectivity index (χ2v) is 12.0. The third kappa shape index (κ3) is 4.56. The first-order chi connectivity index (χ1) is 18.9. The molecule has 1 amide bonds. The Hall–Kier alpha value is -4.04. The number of nitrogens with zero attached hydrogens (tertiary/aromatic N) is 2. The molecular weight excluding hydrogens is 528 g/mol. The number of hydrogen-bond donors (Lipinski definition) is 3. The summed E-state index contributed by atoms with van der Waals surface area (Å²) in [7, 11) is 2.05. The number of amides is 1. The van der Waals surface area contributed by atoms with Crippen LogP contribution in [0.3, 0.4) is 0 Å². The predicted octanol–water partition coefficient (Wildman–Crippen LogP) is 4.78. The van der Waals surface area contributed by atoms with E-state index in [2.05, 4.69) is 44.3 Å². The number of carboxylic acids is 1. The summed E-state index contributed by atoms with van der Waals surface area (Å²) in [5.74, 6) is -0.514. The predicted molar refractivity (Wildman–Crippen MR) is 154 cm³/mol. The van der Waals surface area contributed by atoms with E-state index in [1.807, 2.05) is 46.0 Å². The van der Waals surface area contributed by atoms with Crippen molar-refractivity contribution in [3.63, 3.8) is 0 Å². The molecule has 0 spiro atoms. The first kappa shape index (κ1) is 26.2. The van der Waals surface area contributed by atoms with Crippen LogP contribution in [0, 0.1) is 12.3 Å². The first-order valence-electron chi connectivity index (χ1n) is 13.3. The highest BCUT2D eigenvalue weighted by Gasteiger charge is 2.62. The highest BCUT2D eigenvalue weighted by Crippen LogP contribution is 2.58. The summed E-state index contributed by atoms with van der Waals surface area (Å²) in [5.41, 5.74) is 2.73. The van der Waals surface area contributed by atoms with Crippen LogP contribution in [0.5, 0.6) is 11.8 Å². The van der Waals surface area contributed by atoms with Crippen molar-refractivity contribution in [3.05, 3.63) is 74.9 Å². The standard InChI is InChI=1S/C31H31ClN4O4/c1-17-5-7-20(12-21(17)28(39)35-31(3)16-30(31,2)15-27(37)38)40-29-33-24-13-22(23(32)14-25(24)34-29)18-6-8-26-19(11-18)9-10-36(26)4/h5,7-14,18H,6,15-16H2,1-4H3,(H,33,34)(H,35,39)(H,37,38). The number of aryl methyl sites for hydroxylation is 2. The number of rotatable bonds is 7. The van der Waals surface area contributed by atoms with E-state index in [4.69, 9.17) is 16.3 Å². The molecule has 1 fully saturated rings. The summed E-state index contributed by atoms with van der Waals surface area (Å²) >= 11 is 6.71. The summed E-state index contributed by atoms with van der Waals surface area (Å²) in [6.45, 7) is 5.63. The van der Waals surface area contributed by atoms with Gasteiger partial charge in [-0.3, -0.25) is 9.59 Å². The van der Waals surface area contributed by atoms with Crippen molar-refractivity contribution in [1.82, 2.24) is 19.9 Å². The zero-order chi connectivity index (χ0) is 28.4. The molecule has 2 aliphatic carbocycles. The Labute approximate surface area is 236 Å². The number of benzene rings is 2. The van der Waals surface area contributed by atoms with Crippen molar-refractivity contribution in [2.45, 2.75) is 51.5 Å². The van der Waals surface area contributed by atoms with Gasteiger partial charge in [-0.2, -0.15) is 4.98 Å². The van der Waals surface area contributed by atoms with Gasteiger partial charge < -0.3 is 24.7 Å². The van der Waals surface area contributed by atoms with Crippen LogP contribution in [0.25, 0.3) is 23.2 Å². The van der Waals surface area contributed by atoms with Gasteiger partial charge in [0.25, 0.3) is 11.9 Å². The Bertz CT molecular complexity index is 1820. The van der Waals surface area contributed by atoms with Crippen LogP contribution < -0.4 is 20.6 Å². The highest BCUT2D eigenvalue weighted by molar-refractivity contribution is 6.32. The van der Waals surface area contributed by atoms with Gasteiger partial charge in [0.05, 0.1) is 17.5 Å². The zero-order valence-electron chi connectivity index (χ0n) is 22.8. The Balaban J connectivity index is 1.22. The second-order valence-electron chi connectivity index (χ2n) is 11.6. The average Bonchev–Trinajstić information content (AvgIpc) is 3.16. The van der Waals surface area contributed by atoms with Gasteiger partial charge in [0, 0.05) is 46.1 Å². The number of hydrogen-bond acceptors (Lipinski definition) is 4. The molecule has 6 rings (SSSR count). The summed E-state index contributed by atoms with van der Waals surface area (Å²) < 4.78 is 8.16. The van der Waals surface area contributed by atoms with E-state index in [0.717, 1.165) is 23.1 Å². The van der Waals surface area contributed by atoms with Crippen LogP contribution >= 0.6 is 11.6 Å². The quantitative estimate of drug-likeness (QED) is 0.302. The van der Waals surface area contributed by atoms with Gasteiger partial charge in [0.15, 0.2) is 0 Å². The van der Waals surface area contributed by atoms with E-state index in [1.165, 1.54) is 10.6 Å². The molecule has 8 nitrogen and oxygen atoms in total. The second kappa shape index (κ2) is 9.27. The fourth-order valence-electron chi connectivity index (χ4n) is 5.92. The van der Waals surface area contributed by atoms with E-state index >= 15 is 0 Å². The maximum absolute atomic E-state index is 13.2. The van der Waals surface area contributed by atoms with Gasteiger partial charge in [0.1, 0.15) is 5.75 Å². The van der Waals surface area contributed by atoms with Gasteiger partial charge >= 0.3 is 5.97 Å². The van der Waals surface area contributed by atoms with E-state index in [0.29, 0.717) is 34.3 Å². The Kier molecular flexibility index (Phi) is 6.07. The molecular formula is C31H31ClN4O4. The molecule has 2 heterocycles. The lowest BCUT2D eigenvalue weighted by Gasteiger charge is -2.20. The van der Waals surface area contributed by atoms with Crippen LogP contribution in [0.15, 0.2) is 42.6 Å². The smallest absolute Gasteiger partial charge is 0.303 e.